The molecular formula is C10H13BrO2. The third-order valence-electron chi connectivity index (χ3n) is 1.93. The minimum absolute atomic E-state index is 0.129. The Kier molecular flexibility index (Phi) is 3.20. The first-order valence-corrected chi connectivity index (χ1v) is 5.29. The van der Waals surface area contributed by atoms with E-state index in [0.29, 0.717) is 10.9 Å². The van der Waals surface area contributed by atoms with Gasteiger partial charge in [-0.15, -0.1) is 0 Å². The van der Waals surface area contributed by atoms with Crippen LogP contribution in [0.2, 0.25) is 0 Å². The maximum atomic E-state index is 9.59. The summed E-state index contributed by atoms with van der Waals surface area (Å²) in [7, 11) is 0. The van der Waals surface area contributed by atoms with Gasteiger partial charge in [-0.3, -0.25) is 0 Å². The van der Waals surface area contributed by atoms with Gasteiger partial charge in [0.05, 0.1) is 0 Å². The lowest BCUT2D eigenvalue weighted by Gasteiger charge is -2.11. The number of aromatic hydroxyl groups is 2. The van der Waals surface area contributed by atoms with E-state index in [0.717, 1.165) is 5.56 Å². The van der Waals surface area contributed by atoms with Crippen LogP contribution in [0.3, 0.4) is 0 Å². The van der Waals surface area contributed by atoms with Crippen LogP contribution >= 0.6 is 15.9 Å². The highest BCUT2D eigenvalue weighted by atomic mass is 79.9. The molecule has 0 amide bonds. The smallest absolute Gasteiger partial charge is 0.123 e. The Bertz CT molecular complexity index is 285. The van der Waals surface area contributed by atoms with E-state index in [-0.39, 0.29) is 17.4 Å². The van der Waals surface area contributed by atoms with Crippen molar-refractivity contribution in [1.29, 1.82) is 0 Å². The fourth-order valence-corrected chi connectivity index (χ4v) is 1.67. The van der Waals surface area contributed by atoms with Gasteiger partial charge in [-0.05, 0) is 23.6 Å². The summed E-state index contributed by atoms with van der Waals surface area (Å²) in [5.74, 6) is 0.471. The number of phenols is 2. The van der Waals surface area contributed by atoms with Gasteiger partial charge >= 0.3 is 0 Å². The topological polar surface area (TPSA) is 40.5 Å². The maximum absolute atomic E-state index is 9.59. The summed E-state index contributed by atoms with van der Waals surface area (Å²) in [6.45, 7) is 3.87. The molecule has 0 heterocycles. The van der Waals surface area contributed by atoms with Gasteiger partial charge in [0, 0.05) is 10.9 Å². The number of phenolic OH excluding ortho intramolecular Hbond substituents is 2. The molecule has 0 unspecified atom stereocenters. The quantitative estimate of drug-likeness (QED) is 0.786. The van der Waals surface area contributed by atoms with E-state index in [1.807, 2.05) is 13.8 Å². The van der Waals surface area contributed by atoms with Crippen LogP contribution in [-0.2, 0) is 5.33 Å². The summed E-state index contributed by atoms with van der Waals surface area (Å²) < 4.78 is 0. The lowest BCUT2D eigenvalue weighted by Crippen LogP contribution is -1.91. The van der Waals surface area contributed by atoms with E-state index >= 15 is 0 Å². The molecule has 0 atom stereocenters. The van der Waals surface area contributed by atoms with Gasteiger partial charge in [-0.25, -0.2) is 0 Å². The van der Waals surface area contributed by atoms with Crippen LogP contribution in [0.25, 0.3) is 0 Å². The van der Waals surface area contributed by atoms with Gasteiger partial charge in [-0.1, -0.05) is 29.8 Å². The highest BCUT2D eigenvalue weighted by molar-refractivity contribution is 9.08. The van der Waals surface area contributed by atoms with Crippen molar-refractivity contribution in [2.24, 2.45) is 0 Å². The molecule has 0 saturated heterocycles. The van der Waals surface area contributed by atoms with Crippen LogP contribution in [-0.4, -0.2) is 10.2 Å². The second-order valence-electron chi connectivity index (χ2n) is 3.34. The molecule has 2 nitrogen and oxygen atoms in total. The van der Waals surface area contributed by atoms with E-state index < -0.39 is 0 Å². The Morgan fingerprint density at radius 2 is 1.69 bits per heavy atom. The van der Waals surface area contributed by atoms with Crippen LogP contribution < -0.4 is 0 Å². The molecule has 0 spiro atoms. The van der Waals surface area contributed by atoms with E-state index in [4.69, 9.17) is 0 Å². The fourth-order valence-electron chi connectivity index (χ4n) is 1.35. The first kappa shape index (κ1) is 10.4. The van der Waals surface area contributed by atoms with Crippen molar-refractivity contribution < 1.29 is 10.2 Å². The molecule has 2 N–H and O–H groups in total. The average molecular weight is 245 g/mol. The zero-order chi connectivity index (χ0) is 10.0. The fraction of sp³-hybridized carbons (Fsp3) is 0.400. The minimum atomic E-state index is 0.129. The summed E-state index contributed by atoms with van der Waals surface area (Å²) in [6, 6.07) is 3.34. The van der Waals surface area contributed by atoms with Crippen molar-refractivity contribution in [2.45, 2.75) is 25.1 Å². The zero-order valence-electron chi connectivity index (χ0n) is 7.71. The van der Waals surface area contributed by atoms with E-state index in [2.05, 4.69) is 15.9 Å². The Balaban J connectivity index is 3.23. The highest BCUT2D eigenvalue weighted by Crippen LogP contribution is 2.35. The molecule has 1 aromatic rings. The summed E-state index contributed by atoms with van der Waals surface area (Å²) in [5.41, 5.74) is 1.49. The molecule has 0 aliphatic heterocycles. The predicted molar refractivity (Wildman–Crippen MR) is 56.5 cm³/mol. The van der Waals surface area contributed by atoms with Crippen molar-refractivity contribution >= 4 is 15.9 Å². The van der Waals surface area contributed by atoms with E-state index in [1.165, 1.54) is 0 Å². The number of hydrogen-bond acceptors (Lipinski definition) is 2. The summed E-state index contributed by atoms with van der Waals surface area (Å²) in [6.07, 6.45) is 0. The summed E-state index contributed by atoms with van der Waals surface area (Å²) in [5, 5.41) is 19.8. The van der Waals surface area contributed by atoms with Crippen LogP contribution in [0.5, 0.6) is 11.5 Å². The van der Waals surface area contributed by atoms with Crippen molar-refractivity contribution in [1.82, 2.24) is 0 Å². The molecule has 0 fully saturated rings. The molecule has 0 aliphatic rings. The Morgan fingerprint density at radius 1 is 1.23 bits per heavy atom. The largest absolute Gasteiger partial charge is 0.508 e. The molecule has 0 aliphatic carbocycles. The Labute approximate surface area is 86.3 Å². The number of hydrogen-bond donors (Lipinski definition) is 2. The average Bonchev–Trinajstić information content (AvgIpc) is 2.02. The molecule has 1 aromatic carbocycles. The third kappa shape index (κ3) is 2.15. The molecule has 0 saturated carbocycles. The van der Waals surface area contributed by atoms with Crippen LogP contribution in [0.15, 0.2) is 12.1 Å². The van der Waals surface area contributed by atoms with E-state index in [1.54, 1.807) is 12.1 Å². The van der Waals surface area contributed by atoms with Gasteiger partial charge in [0.25, 0.3) is 0 Å². The van der Waals surface area contributed by atoms with Gasteiger partial charge < -0.3 is 10.2 Å². The molecule has 3 heteroatoms. The Hall–Kier alpha value is -0.700. The lowest BCUT2D eigenvalue weighted by molar-refractivity contribution is 0.432. The SMILES string of the molecule is CC(C)c1c(O)cc(CBr)cc1O. The Morgan fingerprint density at radius 3 is 2.00 bits per heavy atom. The zero-order valence-corrected chi connectivity index (χ0v) is 9.30. The number of halogens is 1. The first-order chi connectivity index (χ1) is 6.06. The van der Waals surface area contributed by atoms with Gasteiger partial charge in [-0.2, -0.15) is 0 Å². The predicted octanol–water partition coefficient (Wildman–Crippen LogP) is 3.12. The van der Waals surface area contributed by atoms with Gasteiger partial charge in [0.1, 0.15) is 11.5 Å². The normalized spacial score (nSPS) is 10.8. The lowest BCUT2D eigenvalue weighted by atomic mass is 9.99. The standard InChI is InChI=1S/C10H13BrO2/c1-6(2)10-8(12)3-7(5-11)4-9(10)13/h3-4,6,12-13H,5H2,1-2H3. The van der Waals surface area contributed by atoms with Gasteiger partial charge in [0.2, 0.25) is 0 Å². The number of benzene rings is 1. The second kappa shape index (κ2) is 4.01. The van der Waals surface area contributed by atoms with Crippen molar-refractivity contribution in [3.05, 3.63) is 23.3 Å². The summed E-state index contributed by atoms with van der Waals surface area (Å²) >= 11 is 3.27. The molecular weight excluding hydrogens is 232 g/mol. The molecule has 0 aromatic heterocycles. The highest BCUT2D eigenvalue weighted by Gasteiger charge is 2.12. The molecule has 72 valence electrons. The first-order valence-electron chi connectivity index (χ1n) is 4.17. The van der Waals surface area contributed by atoms with Crippen LogP contribution in [0.1, 0.15) is 30.9 Å². The molecule has 13 heavy (non-hydrogen) atoms. The monoisotopic (exact) mass is 244 g/mol. The van der Waals surface area contributed by atoms with Crippen LogP contribution in [0.4, 0.5) is 0 Å². The van der Waals surface area contributed by atoms with Crippen molar-refractivity contribution in [2.75, 3.05) is 0 Å². The number of rotatable bonds is 2. The van der Waals surface area contributed by atoms with Crippen molar-refractivity contribution in [3.63, 3.8) is 0 Å². The van der Waals surface area contributed by atoms with E-state index in [9.17, 15) is 10.2 Å². The maximum Gasteiger partial charge on any atom is 0.123 e. The third-order valence-corrected chi connectivity index (χ3v) is 2.58. The molecule has 0 bridgehead atoms. The number of alkyl halides is 1. The minimum Gasteiger partial charge on any atom is -0.508 e. The van der Waals surface area contributed by atoms with Crippen molar-refractivity contribution in [3.8, 4) is 11.5 Å². The molecule has 1 rings (SSSR count). The van der Waals surface area contributed by atoms with Gasteiger partial charge in [0.15, 0.2) is 0 Å². The molecule has 0 radical (unpaired) electrons. The summed E-state index contributed by atoms with van der Waals surface area (Å²) in [4.78, 5) is 0. The van der Waals surface area contributed by atoms with Crippen LogP contribution in [0, 0.1) is 0 Å². The second-order valence-corrected chi connectivity index (χ2v) is 3.90.